The lowest BCUT2D eigenvalue weighted by Gasteiger charge is -2.09. The van der Waals surface area contributed by atoms with Crippen molar-refractivity contribution in [3.8, 4) is 5.75 Å². The van der Waals surface area contributed by atoms with Crippen LogP contribution in [0.2, 0.25) is 0 Å². The summed E-state index contributed by atoms with van der Waals surface area (Å²) in [6, 6.07) is 7.72. The van der Waals surface area contributed by atoms with Gasteiger partial charge in [0.25, 0.3) is 0 Å². The number of nitrogens with zero attached hydrogens (tertiary/aromatic N) is 1. The molecule has 0 atom stereocenters. The van der Waals surface area contributed by atoms with Crippen molar-refractivity contribution < 1.29 is 14.6 Å². The summed E-state index contributed by atoms with van der Waals surface area (Å²) in [6.45, 7) is 0. The number of hydrogen-bond donors (Lipinski definition) is 1. The quantitative estimate of drug-likeness (QED) is 0.879. The average molecular weight is 245 g/mol. The topological polar surface area (TPSA) is 59.4 Å². The molecule has 0 fully saturated rings. The first kappa shape index (κ1) is 12.4. The average Bonchev–Trinajstić information content (AvgIpc) is 2.38. The van der Waals surface area contributed by atoms with Crippen LogP contribution in [0, 0.1) is 0 Å². The van der Waals surface area contributed by atoms with E-state index in [9.17, 15) is 4.79 Å². The van der Waals surface area contributed by atoms with Crippen molar-refractivity contribution in [1.82, 2.24) is 4.98 Å². The zero-order chi connectivity index (χ0) is 13.0. The molecular weight excluding hydrogens is 230 g/mol. The summed E-state index contributed by atoms with van der Waals surface area (Å²) in [5, 5.41) is 9.68. The number of carbonyl (C=O) groups is 1. The summed E-state index contributed by atoms with van der Waals surface area (Å²) >= 11 is 0. The molecule has 1 aromatic carbocycles. The minimum atomic E-state index is -0.758. The number of carboxylic acid groups (broad SMARTS) is 1. The van der Waals surface area contributed by atoms with Crippen molar-refractivity contribution in [1.29, 1.82) is 0 Å². The third-order valence-electron chi connectivity index (χ3n) is 2.88. The molecule has 0 aliphatic heterocycles. The molecule has 94 valence electrons. The molecule has 1 heterocycles. The molecule has 4 nitrogen and oxygen atoms in total. The Morgan fingerprint density at radius 2 is 2.22 bits per heavy atom. The van der Waals surface area contributed by atoms with Crippen molar-refractivity contribution in [2.75, 3.05) is 7.11 Å². The van der Waals surface area contributed by atoms with Crippen molar-refractivity contribution in [3.05, 3.63) is 36.0 Å². The number of hydrogen-bond acceptors (Lipinski definition) is 3. The minimum Gasteiger partial charge on any atom is -0.494 e. The molecule has 1 aromatic heterocycles. The summed E-state index contributed by atoms with van der Waals surface area (Å²) in [5.41, 5.74) is 1.94. The summed E-state index contributed by atoms with van der Waals surface area (Å²) < 4.78 is 5.27. The molecule has 1 N–H and O–H groups in total. The standard InChI is InChI=1S/C14H15NO3/c1-18-12-8-7-10(4-2-6-13(16)17)11-5-3-9-15-14(11)12/h3,5,7-9H,2,4,6H2,1H3,(H,16,17). The molecule has 0 unspecified atom stereocenters. The van der Waals surface area contributed by atoms with Gasteiger partial charge in [-0.1, -0.05) is 12.1 Å². The lowest BCUT2D eigenvalue weighted by Crippen LogP contribution is -1.97. The number of methoxy groups -OCH3 is 1. The van der Waals surface area contributed by atoms with E-state index in [1.54, 1.807) is 13.3 Å². The van der Waals surface area contributed by atoms with Gasteiger partial charge in [0.1, 0.15) is 11.3 Å². The van der Waals surface area contributed by atoms with Gasteiger partial charge < -0.3 is 9.84 Å². The second-order valence-corrected chi connectivity index (χ2v) is 4.07. The number of fused-ring (bicyclic) bond motifs is 1. The highest BCUT2D eigenvalue weighted by molar-refractivity contribution is 5.87. The Morgan fingerprint density at radius 1 is 1.39 bits per heavy atom. The van der Waals surface area contributed by atoms with E-state index < -0.39 is 5.97 Å². The van der Waals surface area contributed by atoms with E-state index >= 15 is 0 Å². The Balaban J connectivity index is 2.31. The number of benzene rings is 1. The number of aliphatic carboxylic acids is 1. The number of pyridine rings is 1. The summed E-state index contributed by atoms with van der Waals surface area (Å²) in [4.78, 5) is 14.8. The first-order chi connectivity index (χ1) is 8.72. The van der Waals surface area contributed by atoms with E-state index in [1.807, 2.05) is 24.3 Å². The maximum absolute atomic E-state index is 10.5. The lowest BCUT2D eigenvalue weighted by atomic mass is 10.0. The summed E-state index contributed by atoms with van der Waals surface area (Å²) in [6.07, 6.45) is 3.28. The van der Waals surface area contributed by atoms with E-state index in [0.717, 1.165) is 28.6 Å². The fourth-order valence-electron chi connectivity index (χ4n) is 2.02. The Kier molecular flexibility index (Phi) is 3.77. The van der Waals surface area contributed by atoms with Gasteiger partial charge in [0.15, 0.2) is 0 Å². The van der Waals surface area contributed by atoms with Gasteiger partial charge in [0, 0.05) is 18.0 Å². The Bertz CT molecular complexity index is 566. The highest BCUT2D eigenvalue weighted by atomic mass is 16.5. The molecule has 0 saturated carbocycles. The second-order valence-electron chi connectivity index (χ2n) is 4.07. The number of rotatable bonds is 5. The van der Waals surface area contributed by atoms with Crippen LogP contribution in [0.15, 0.2) is 30.5 Å². The highest BCUT2D eigenvalue weighted by Crippen LogP contribution is 2.27. The van der Waals surface area contributed by atoms with E-state index in [1.165, 1.54) is 0 Å². The van der Waals surface area contributed by atoms with Crippen LogP contribution in [0.1, 0.15) is 18.4 Å². The number of aromatic nitrogens is 1. The molecule has 0 bridgehead atoms. The van der Waals surface area contributed by atoms with Gasteiger partial charge in [0.05, 0.1) is 7.11 Å². The van der Waals surface area contributed by atoms with E-state index in [0.29, 0.717) is 6.42 Å². The number of carboxylic acids is 1. The monoisotopic (exact) mass is 245 g/mol. The molecule has 2 aromatic rings. The van der Waals surface area contributed by atoms with E-state index in [-0.39, 0.29) is 6.42 Å². The lowest BCUT2D eigenvalue weighted by molar-refractivity contribution is -0.137. The normalized spacial score (nSPS) is 10.5. The van der Waals surface area contributed by atoms with Crippen LogP contribution in [0.25, 0.3) is 10.9 Å². The molecule has 0 amide bonds. The fraction of sp³-hybridized carbons (Fsp3) is 0.286. The maximum Gasteiger partial charge on any atom is 0.303 e. The zero-order valence-electron chi connectivity index (χ0n) is 10.2. The SMILES string of the molecule is COc1ccc(CCCC(=O)O)c2cccnc12. The zero-order valence-corrected chi connectivity index (χ0v) is 10.2. The maximum atomic E-state index is 10.5. The molecular formula is C14H15NO3. The molecule has 0 spiro atoms. The summed E-state index contributed by atoms with van der Waals surface area (Å²) in [7, 11) is 1.62. The smallest absolute Gasteiger partial charge is 0.303 e. The van der Waals surface area contributed by atoms with Gasteiger partial charge >= 0.3 is 5.97 Å². The first-order valence-corrected chi connectivity index (χ1v) is 5.85. The third-order valence-corrected chi connectivity index (χ3v) is 2.88. The number of ether oxygens (including phenoxy) is 1. The molecule has 0 radical (unpaired) electrons. The van der Waals surface area contributed by atoms with Crippen LogP contribution in [0.4, 0.5) is 0 Å². The molecule has 0 aliphatic carbocycles. The van der Waals surface area contributed by atoms with Gasteiger partial charge in [-0.3, -0.25) is 9.78 Å². The van der Waals surface area contributed by atoms with Gasteiger partial charge in [-0.25, -0.2) is 0 Å². The van der Waals surface area contributed by atoms with Crippen LogP contribution in [-0.4, -0.2) is 23.2 Å². The van der Waals surface area contributed by atoms with Crippen LogP contribution in [-0.2, 0) is 11.2 Å². The van der Waals surface area contributed by atoms with Crippen molar-refractivity contribution in [2.24, 2.45) is 0 Å². The second kappa shape index (κ2) is 5.49. The molecule has 18 heavy (non-hydrogen) atoms. The van der Waals surface area contributed by atoms with E-state index in [4.69, 9.17) is 9.84 Å². The van der Waals surface area contributed by atoms with Crippen LogP contribution < -0.4 is 4.74 Å². The Hall–Kier alpha value is -2.10. The van der Waals surface area contributed by atoms with Crippen LogP contribution >= 0.6 is 0 Å². The molecule has 0 saturated heterocycles. The molecule has 0 aliphatic rings. The summed E-state index contributed by atoms with van der Waals surface area (Å²) in [5.74, 6) is -0.0153. The third kappa shape index (κ3) is 2.59. The van der Waals surface area contributed by atoms with Crippen LogP contribution in [0.5, 0.6) is 5.75 Å². The van der Waals surface area contributed by atoms with Gasteiger partial charge in [-0.05, 0) is 30.5 Å². The first-order valence-electron chi connectivity index (χ1n) is 5.85. The Morgan fingerprint density at radius 3 is 2.94 bits per heavy atom. The highest BCUT2D eigenvalue weighted by Gasteiger charge is 2.07. The largest absolute Gasteiger partial charge is 0.494 e. The fourth-order valence-corrected chi connectivity index (χ4v) is 2.02. The van der Waals surface area contributed by atoms with Crippen molar-refractivity contribution in [3.63, 3.8) is 0 Å². The predicted molar refractivity (Wildman–Crippen MR) is 68.9 cm³/mol. The van der Waals surface area contributed by atoms with Gasteiger partial charge in [-0.2, -0.15) is 0 Å². The van der Waals surface area contributed by atoms with Gasteiger partial charge in [-0.15, -0.1) is 0 Å². The molecule has 4 heteroatoms. The minimum absolute atomic E-state index is 0.188. The van der Waals surface area contributed by atoms with Crippen molar-refractivity contribution in [2.45, 2.75) is 19.3 Å². The van der Waals surface area contributed by atoms with Crippen molar-refractivity contribution >= 4 is 16.9 Å². The predicted octanol–water partition coefficient (Wildman–Crippen LogP) is 2.65. The van der Waals surface area contributed by atoms with Crippen LogP contribution in [0.3, 0.4) is 0 Å². The Labute approximate surface area is 105 Å². The number of aryl methyl sites for hydroxylation is 1. The molecule has 2 rings (SSSR count). The van der Waals surface area contributed by atoms with E-state index in [2.05, 4.69) is 4.98 Å². The van der Waals surface area contributed by atoms with Gasteiger partial charge in [0.2, 0.25) is 0 Å².